The molecule has 0 spiro atoms. The molecule has 0 saturated carbocycles. The zero-order chi connectivity index (χ0) is 10.6. The standard InChI is InChI=1S/C9H11FO2SSe/c1-13(11,12)9(7-10)14-8-5-3-2-4-6-8/h2-6,9H,7H2,1H3. The molecular formula is C9H11FO2SSe. The van der Waals surface area contributed by atoms with Gasteiger partial charge in [0.15, 0.2) is 0 Å². The van der Waals surface area contributed by atoms with E-state index in [4.69, 9.17) is 0 Å². The van der Waals surface area contributed by atoms with Crippen molar-refractivity contribution in [2.75, 3.05) is 12.9 Å². The molecule has 78 valence electrons. The Morgan fingerprint density at radius 1 is 1.36 bits per heavy atom. The van der Waals surface area contributed by atoms with Crippen molar-refractivity contribution in [1.29, 1.82) is 0 Å². The van der Waals surface area contributed by atoms with Crippen LogP contribution >= 0.6 is 0 Å². The molecule has 1 aromatic carbocycles. The summed E-state index contributed by atoms with van der Waals surface area (Å²) in [5, 5.41) is 0. The van der Waals surface area contributed by atoms with E-state index in [0.717, 1.165) is 10.7 Å². The van der Waals surface area contributed by atoms with Crippen LogP contribution in [0.15, 0.2) is 30.3 Å². The summed E-state index contributed by atoms with van der Waals surface area (Å²) in [4.78, 5) is 0. The average Bonchev–Trinajstić information content (AvgIpc) is 2.14. The first-order chi connectivity index (χ1) is 6.54. The summed E-state index contributed by atoms with van der Waals surface area (Å²) in [5.41, 5.74) is 0. The van der Waals surface area contributed by atoms with Crippen LogP contribution in [0.3, 0.4) is 0 Å². The van der Waals surface area contributed by atoms with Crippen molar-refractivity contribution in [3.63, 3.8) is 0 Å². The van der Waals surface area contributed by atoms with Crippen LogP contribution in [-0.4, -0.2) is 40.5 Å². The summed E-state index contributed by atoms with van der Waals surface area (Å²) in [7, 11) is -3.26. The molecule has 5 heteroatoms. The van der Waals surface area contributed by atoms with E-state index in [1.165, 1.54) is 0 Å². The van der Waals surface area contributed by atoms with Gasteiger partial charge in [-0.3, -0.25) is 0 Å². The maximum absolute atomic E-state index is 12.5. The molecule has 14 heavy (non-hydrogen) atoms. The summed E-state index contributed by atoms with van der Waals surface area (Å²) < 4.78 is 34.8. The molecule has 0 bridgehead atoms. The fourth-order valence-electron chi connectivity index (χ4n) is 0.884. The van der Waals surface area contributed by atoms with Crippen LogP contribution in [0.2, 0.25) is 0 Å². The van der Waals surface area contributed by atoms with Gasteiger partial charge in [0.2, 0.25) is 0 Å². The third kappa shape index (κ3) is 3.40. The minimum atomic E-state index is -3.26. The molecule has 1 unspecified atom stereocenters. The molecule has 2 nitrogen and oxygen atoms in total. The molecule has 0 aliphatic rings. The second-order valence-electron chi connectivity index (χ2n) is 2.84. The Bertz CT molecular complexity index is 377. The van der Waals surface area contributed by atoms with E-state index in [1.54, 1.807) is 0 Å². The van der Waals surface area contributed by atoms with E-state index in [2.05, 4.69) is 0 Å². The molecule has 0 saturated heterocycles. The molecule has 1 aromatic rings. The van der Waals surface area contributed by atoms with Gasteiger partial charge in [0, 0.05) is 0 Å². The Hall–Kier alpha value is -0.381. The maximum atomic E-state index is 12.5. The Kier molecular flexibility index (Phi) is 4.10. The van der Waals surface area contributed by atoms with Gasteiger partial charge in [-0.15, -0.1) is 0 Å². The molecule has 0 amide bonds. The van der Waals surface area contributed by atoms with Crippen LogP contribution < -0.4 is 4.46 Å². The van der Waals surface area contributed by atoms with Crippen molar-refractivity contribution in [2.45, 2.75) is 4.15 Å². The van der Waals surface area contributed by atoms with Crippen molar-refractivity contribution in [3.8, 4) is 0 Å². The van der Waals surface area contributed by atoms with Gasteiger partial charge in [0.1, 0.15) is 0 Å². The van der Waals surface area contributed by atoms with Gasteiger partial charge in [0.05, 0.1) is 0 Å². The van der Waals surface area contributed by atoms with Crippen LogP contribution in [0.25, 0.3) is 0 Å². The normalized spacial score (nSPS) is 13.9. The summed E-state index contributed by atoms with van der Waals surface area (Å²) in [5.74, 6) is 0. The summed E-state index contributed by atoms with van der Waals surface area (Å²) >= 11 is -0.344. The van der Waals surface area contributed by atoms with Gasteiger partial charge in [-0.05, 0) is 0 Å². The van der Waals surface area contributed by atoms with Crippen molar-refractivity contribution >= 4 is 29.3 Å². The topological polar surface area (TPSA) is 34.1 Å². The minimum absolute atomic E-state index is 0.344. The van der Waals surface area contributed by atoms with Gasteiger partial charge in [-0.25, -0.2) is 0 Å². The predicted molar refractivity (Wildman–Crippen MR) is 56.4 cm³/mol. The van der Waals surface area contributed by atoms with Crippen molar-refractivity contribution in [3.05, 3.63) is 30.3 Å². The summed E-state index contributed by atoms with van der Waals surface area (Å²) in [6.45, 7) is -0.798. The zero-order valence-corrected chi connectivity index (χ0v) is 10.2. The molecule has 1 atom stereocenters. The molecule has 0 aromatic heterocycles. The van der Waals surface area contributed by atoms with E-state index in [1.807, 2.05) is 30.3 Å². The van der Waals surface area contributed by atoms with Crippen molar-refractivity contribution < 1.29 is 12.8 Å². The first-order valence-corrected chi connectivity index (χ1v) is 7.80. The SMILES string of the molecule is CS(=O)(=O)C(CF)[Se]c1ccccc1. The van der Waals surface area contributed by atoms with Gasteiger partial charge in [-0.2, -0.15) is 0 Å². The average molecular weight is 281 g/mol. The number of alkyl halides is 1. The Morgan fingerprint density at radius 3 is 2.36 bits per heavy atom. The zero-order valence-electron chi connectivity index (χ0n) is 7.68. The second-order valence-corrected chi connectivity index (χ2v) is 8.42. The van der Waals surface area contributed by atoms with E-state index < -0.39 is 20.7 Å². The van der Waals surface area contributed by atoms with Crippen molar-refractivity contribution in [2.24, 2.45) is 0 Å². The number of benzene rings is 1. The molecule has 0 aliphatic heterocycles. The first-order valence-electron chi connectivity index (χ1n) is 4.00. The Labute approximate surface area is 89.6 Å². The number of hydrogen-bond acceptors (Lipinski definition) is 2. The second kappa shape index (κ2) is 4.91. The molecular weight excluding hydrogens is 270 g/mol. The number of rotatable bonds is 4. The van der Waals surface area contributed by atoms with Crippen LogP contribution in [0, 0.1) is 0 Å². The molecule has 1 rings (SSSR count). The molecule has 0 fully saturated rings. The third-order valence-electron chi connectivity index (χ3n) is 1.61. The molecule has 0 aliphatic carbocycles. The van der Waals surface area contributed by atoms with E-state index >= 15 is 0 Å². The fraction of sp³-hybridized carbons (Fsp3) is 0.333. The fourth-order valence-corrected chi connectivity index (χ4v) is 4.39. The summed E-state index contributed by atoms with van der Waals surface area (Å²) in [6.07, 6.45) is 1.09. The van der Waals surface area contributed by atoms with Gasteiger partial charge < -0.3 is 0 Å². The molecule has 0 heterocycles. The third-order valence-corrected chi connectivity index (χ3v) is 7.35. The Balaban J connectivity index is 2.77. The van der Waals surface area contributed by atoms with Crippen LogP contribution in [0.5, 0.6) is 0 Å². The van der Waals surface area contributed by atoms with E-state index in [0.29, 0.717) is 0 Å². The molecule has 0 N–H and O–H groups in total. The van der Waals surface area contributed by atoms with E-state index in [-0.39, 0.29) is 15.0 Å². The van der Waals surface area contributed by atoms with Gasteiger partial charge >= 0.3 is 89.5 Å². The van der Waals surface area contributed by atoms with Gasteiger partial charge in [0.25, 0.3) is 0 Å². The first kappa shape index (κ1) is 11.7. The quantitative estimate of drug-likeness (QED) is 0.747. The Morgan fingerprint density at radius 2 is 1.93 bits per heavy atom. The van der Waals surface area contributed by atoms with Gasteiger partial charge in [-0.1, -0.05) is 0 Å². The van der Waals surface area contributed by atoms with Crippen LogP contribution in [0.1, 0.15) is 0 Å². The van der Waals surface area contributed by atoms with Crippen LogP contribution in [-0.2, 0) is 9.84 Å². The number of halogens is 1. The van der Waals surface area contributed by atoms with Crippen molar-refractivity contribution in [1.82, 2.24) is 0 Å². The summed E-state index contributed by atoms with van der Waals surface area (Å²) in [6, 6.07) is 9.16. The monoisotopic (exact) mass is 282 g/mol. The molecule has 0 radical (unpaired) electrons. The number of sulfone groups is 1. The van der Waals surface area contributed by atoms with Crippen LogP contribution in [0.4, 0.5) is 4.39 Å². The van der Waals surface area contributed by atoms with E-state index in [9.17, 15) is 12.8 Å². The predicted octanol–water partition coefficient (Wildman–Crippen LogP) is 0.356. The number of hydrogen-bond donors (Lipinski definition) is 0.